The molecule has 3 rings (SSSR count). The number of benzene rings is 1. The van der Waals surface area contributed by atoms with Crippen LogP contribution in [0.3, 0.4) is 0 Å². The highest BCUT2D eigenvalue weighted by Gasteiger charge is 2.30. The Morgan fingerprint density at radius 1 is 1.10 bits per heavy atom. The van der Waals surface area contributed by atoms with E-state index >= 15 is 0 Å². The summed E-state index contributed by atoms with van der Waals surface area (Å²) < 4.78 is 1.82. The van der Waals surface area contributed by atoms with Crippen LogP contribution in [0.1, 0.15) is 36.0 Å². The maximum absolute atomic E-state index is 12.8. The molecule has 2 saturated heterocycles. The molecule has 21 heavy (non-hydrogen) atoms. The van der Waals surface area contributed by atoms with E-state index in [2.05, 4.69) is 36.8 Å². The zero-order chi connectivity index (χ0) is 14.8. The number of amides is 1. The molecule has 1 aromatic carbocycles. The van der Waals surface area contributed by atoms with Gasteiger partial charge in [-0.3, -0.25) is 9.69 Å². The second-order valence-corrected chi connectivity index (χ2v) is 7.68. The number of rotatable bonds is 2. The molecule has 3 nitrogen and oxygen atoms in total. The van der Waals surface area contributed by atoms with Crippen LogP contribution >= 0.6 is 31.9 Å². The third-order valence-electron chi connectivity index (χ3n) is 4.50. The Morgan fingerprint density at radius 2 is 1.86 bits per heavy atom. The van der Waals surface area contributed by atoms with Crippen molar-refractivity contribution in [3.63, 3.8) is 0 Å². The van der Waals surface area contributed by atoms with Gasteiger partial charge in [-0.15, -0.1) is 0 Å². The molecular formula is C16H20Br2N2O. The Bertz CT molecular complexity index is 529. The molecule has 1 aromatic rings. The van der Waals surface area contributed by atoms with Crippen molar-refractivity contribution < 1.29 is 4.79 Å². The highest BCUT2D eigenvalue weighted by molar-refractivity contribution is 9.11. The van der Waals surface area contributed by atoms with Crippen LogP contribution in [0.4, 0.5) is 0 Å². The fourth-order valence-corrected chi connectivity index (χ4v) is 4.15. The molecule has 2 aliphatic heterocycles. The van der Waals surface area contributed by atoms with Crippen LogP contribution < -0.4 is 0 Å². The van der Waals surface area contributed by atoms with Crippen LogP contribution in [0.2, 0.25) is 0 Å². The van der Waals surface area contributed by atoms with Crippen LogP contribution in [0, 0.1) is 0 Å². The smallest absolute Gasteiger partial charge is 0.255 e. The number of carbonyl (C=O) groups is 1. The zero-order valence-corrected chi connectivity index (χ0v) is 15.2. The Hall–Kier alpha value is -0.390. The predicted molar refractivity (Wildman–Crippen MR) is 91.6 cm³/mol. The van der Waals surface area contributed by atoms with Crippen molar-refractivity contribution in [1.82, 2.24) is 9.80 Å². The first-order valence-electron chi connectivity index (χ1n) is 7.63. The average molecular weight is 416 g/mol. The normalized spacial score (nSPS) is 23.5. The Labute approximate surface area is 142 Å². The number of piperidine rings is 1. The molecule has 0 radical (unpaired) electrons. The lowest BCUT2D eigenvalue weighted by Crippen LogP contribution is -2.49. The largest absolute Gasteiger partial charge is 0.337 e. The topological polar surface area (TPSA) is 23.6 Å². The highest BCUT2D eigenvalue weighted by atomic mass is 79.9. The quantitative estimate of drug-likeness (QED) is 0.730. The fourth-order valence-electron chi connectivity index (χ4n) is 3.38. The van der Waals surface area contributed by atoms with E-state index in [9.17, 15) is 4.79 Å². The first kappa shape index (κ1) is 15.5. The van der Waals surface area contributed by atoms with Gasteiger partial charge >= 0.3 is 0 Å². The van der Waals surface area contributed by atoms with Gasteiger partial charge in [0.15, 0.2) is 0 Å². The van der Waals surface area contributed by atoms with E-state index in [1.54, 1.807) is 0 Å². The minimum absolute atomic E-state index is 0.145. The standard InChI is InChI=1S/C16H20Br2N2O/c17-12-5-6-15(18)14(10-12)16(21)20-9-3-4-13(11-20)19-7-1-2-8-19/h5-6,10,13H,1-4,7-9,11H2. The fraction of sp³-hybridized carbons (Fsp3) is 0.562. The summed E-state index contributed by atoms with van der Waals surface area (Å²) in [4.78, 5) is 17.4. The van der Waals surface area contributed by atoms with E-state index < -0.39 is 0 Å². The van der Waals surface area contributed by atoms with Crippen molar-refractivity contribution in [2.75, 3.05) is 26.2 Å². The van der Waals surface area contributed by atoms with Gasteiger partial charge in [-0.2, -0.15) is 0 Å². The van der Waals surface area contributed by atoms with Gasteiger partial charge in [0.25, 0.3) is 5.91 Å². The van der Waals surface area contributed by atoms with Gasteiger partial charge in [-0.05, 0) is 72.9 Å². The van der Waals surface area contributed by atoms with Crippen molar-refractivity contribution in [2.24, 2.45) is 0 Å². The van der Waals surface area contributed by atoms with Gasteiger partial charge in [-0.25, -0.2) is 0 Å². The average Bonchev–Trinajstić information content (AvgIpc) is 3.03. The molecule has 0 bridgehead atoms. The van der Waals surface area contributed by atoms with Crippen LogP contribution in [0.5, 0.6) is 0 Å². The van der Waals surface area contributed by atoms with Crippen molar-refractivity contribution in [3.8, 4) is 0 Å². The first-order chi connectivity index (χ1) is 10.1. The summed E-state index contributed by atoms with van der Waals surface area (Å²) in [6.07, 6.45) is 4.95. The maximum atomic E-state index is 12.8. The summed E-state index contributed by atoms with van der Waals surface area (Å²) in [5, 5.41) is 0. The van der Waals surface area contributed by atoms with Crippen LogP contribution in [0.25, 0.3) is 0 Å². The molecule has 114 valence electrons. The molecular weight excluding hydrogens is 396 g/mol. The van der Waals surface area contributed by atoms with Gasteiger partial charge in [0.2, 0.25) is 0 Å². The van der Waals surface area contributed by atoms with E-state index in [1.807, 2.05) is 23.1 Å². The summed E-state index contributed by atoms with van der Waals surface area (Å²) in [7, 11) is 0. The molecule has 1 unspecified atom stereocenters. The second kappa shape index (κ2) is 6.80. The lowest BCUT2D eigenvalue weighted by atomic mass is 10.0. The monoisotopic (exact) mass is 414 g/mol. The lowest BCUT2D eigenvalue weighted by molar-refractivity contribution is 0.0607. The molecule has 1 atom stereocenters. The van der Waals surface area contributed by atoms with Gasteiger partial charge < -0.3 is 4.90 Å². The van der Waals surface area contributed by atoms with E-state index in [0.29, 0.717) is 6.04 Å². The van der Waals surface area contributed by atoms with Crippen LogP contribution in [-0.4, -0.2) is 47.9 Å². The molecule has 2 fully saturated rings. The summed E-state index contributed by atoms with van der Waals surface area (Å²) >= 11 is 6.95. The van der Waals surface area contributed by atoms with Gasteiger partial charge in [0.1, 0.15) is 0 Å². The van der Waals surface area contributed by atoms with Gasteiger partial charge in [0, 0.05) is 28.1 Å². The third kappa shape index (κ3) is 3.51. The predicted octanol–water partition coefficient (Wildman–Crippen LogP) is 3.91. The SMILES string of the molecule is O=C(c1cc(Br)ccc1Br)N1CCCC(N2CCCC2)C1. The molecule has 2 heterocycles. The Balaban J connectivity index is 1.73. The van der Waals surface area contributed by atoms with Crippen molar-refractivity contribution in [3.05, 3.63) is 32.7 Å². The summed E-state index contributed by atoms with van der Waals surface area (Å²) in [6.45, 7) is 4.15. The van der Waals surface area contributed by atoms with Crippen LogP contribution in [0.15, 0.2) is 27.1 Å². The second-order valence-electron chi connectivity index (χ2n) is 5.91. The number of halogens is 2. The van der Waals surface area contributed by atoms with Crippen molar-refractivity contribution >= 4 is 37.8 Å². The molecule has 0 spiro atoms. The molecule has 0 aliphatic carbocycles. The van der Waals surface area contributed by atoms with E-state index in [-0.39, 0.29) is 5.91 Å². The van der Waals surface area contributed by atoms with Crippen molar-refractivity contribution in [1.29, 1.82) is 0 Å². The number of carbonyl (C=O) groups excluding carboxylic acids is 1. The third-order valence-corrected chi connectivity index (χ3v) is 5.68. The number of likely N-dealkylation sites (tertiary alicyclic amines) is 2. The van der Waals surface area contributed by atoms with Crippen LogP contribution in [-0.2, 0) is 0 Å². The van der Waals surface area contributed by atoms with E-state index in [0.717, 1.165) is 34.0 Å². The molecule has 5 heteroatoms. The van der Waals surface area contributed by atoms with Crippen molar-refractivity contribution in [2.45, 2.75) is 31.7 Å². The molecule has 0 saturated carbocycles. The molecule has 0 aromatic heterocycles. The number of hydrogen-bond acceptors (Lipinski definition) is 2. The summed E-state index contributed by atoms with van der Waals surface area (Å²) in [5.74, 6) is 0.145. The lowest BCUT2D eigenvalue weighted by Gasteiger charge is -2.37. The molecule has 0 N–H and O–H groups in total. The minimum Gasteiger partial charge on any atom is -0.337 e. The highest BCUT2D eigenvalue weighted by Crippen LogP contribution is 2.26. The van der Waals surface area contributed by atoms with E-state index in [4.69, 9.17) is 0 Å². The molecule has 1 amide bonds. The zero-order valence-electron chi connectivity index (χ0n) is 12.0. The van der Waals surface area contributed by atoms with E-state index in [1.165, 1.54) is 32.4 Å². The maximum Gasteiger partial charge on any atom is 0.255 e. The van der Waals surface area contributed by atoms with Gasteiger partial charge in [-0.1, -0.05) is 15.9 Å². The molecule has 2 aliphatic rings. The Morgan fingerprint density at radius 3 is 2.62 bits per heavy atom. The summed E-state index contributed by atoms with van der Waals surface area (Å²) in [6, 6.07) is 6.34. The Kier molecular flexibility index (Phi) is 5.02. The minimum atomic E-state index is 0.145. The summed E-state index contributed by atoms with van der Waals surface area (Å²) in [5.41, 5.74) is 0.756. The number of nitrogens with zero attached hydrogens (tertiary/aromatic N) is 2. The number of hydrogen-bond donors (Lipinski definition) is 0. The van der Waals surface area contributed by atoms with Gasteiger partial charge in [0.05, 0.1) is 5.56 Å². The first-order valence-corrected chi connectivity index (χ1v) is 9.22.